The molecule has 2 heterocycles. The summed E-state index contributed by atoms with van der Waals surface area (Å²) < 4.78 is 2.34. The summed E-state index contributed by atoms with van der Waals surface area (Å²) in [5.41, 5.74) is 3.53. The lowest BCUT2D eigenvalue weighted by Gasteiger charge is -2.16. The molecule has 29 heavy (non-hydrogen) atoms. The van der Waals surface area contributed by atoms with Crippen LogP contribution in [0.1, 0.15) is 24.2 Å². The van der Waals surface area contributed by atoms with Gasteiger partial charge in [0.15, 0.2) is 0 Å². The van der Waals surface area contributed by atoms with Gasteiger partial charge >= 0.3 is 11.9 Å². The fraction of sp³-hybridized carbons (Fsp3) is 0.286. The Bertz CT molecular complexity index is 983. The molecule has 1 aliphatic heterocycles. The van der Waals surface area contributed by atoms with Crippen molar-refractivity contribution in [3.8, 4) is 0 Å². The Morgan fingerprint density at radius 2 is 1.55 bits per heavy atom. The lowest BCUT2D eigenvalue weighted by Crippen LogP contribution is -2.21. The summed E-state index contributed by atoms with van der Waals surface area (Å²) >= 11 is 6.01. The molecule has 7 nitrogen and oxygen atoms in total. The molecule has 4 rings (SSSR count). The van der Waals surface area contributed by atoms with Gasteiger partial charge in [0.25, 0.3) is 0 Å². The Labute approximate surface area is 173 Å². The molecule has 0 aliphatic carbocycles. The Kier molecular flexibility index (Phi) is 6.85. The number of hydrogen-bond acceptors (Lipinski definition) is 4. The molecule has 0 amide bonds. The fourth-order valence-corrected chi connectivity index (χ4v) is 3.46. The van der Waals surface area contributed by atoms with Crippen LogP contribution >= 0.6 is 11.6 Å². The summed E-state index contributed by atoms with van der Waals surface area (Å²) in [5, 5.41) is 15.6. The maximum absolute atomic E-state index is 9.10. The third-order valence-electron chi connectivity index (χ3n) is 4.73. The van der Waals surface area contributed by atoms with Crippen molar-refractivity contribution in [1.29, 1.82) is 0 Å². The number of carboxylic acids is 2. The number of carbonyl (C=O) groups is 2. The molecule has 0 bridgehead atoms. The van der Waals surface area contributed by atoms with Crippen molar-refractivity contribution in [3.05, 3.63) is 64.9 Å². The predicted octanol–water partition coefficient (Wildman–Crippen LogP) is 3.49. The number of nitrogens with zero attached hydrogens (tertiary/aromatic N) is 3. The molecule has 2 N–H and O–H groups in total. The van der Waals surface area contributed by atoms with Gasteiger partial charge in [-0.25, -0.2) is 14.6 Å². The van der Waals surface area contributed by atoms with E-state index in [0.29, 0.717) is 0 Å². The lowest BCUT2D eigenvalue weighted by atomic mass is 10.2. The zero-order valence-corrected chi connectivity index (χ0v) is 16.5. The zero-order valence-electron chi connectivity index (χ0n) is 15.8. The minimum atomic E-state index is -1.82. The molecule has 1 saturated heterocycles. The number of fused-ring (bicyclic) bond motifs is 1. The summed E-state index contributed by atoms with van der Waals surface area (Å²) in [5.74, 6) is -2.49. The number of imidazole rings is 1. The van der Waals surface area contributed by atoms with E-state index in [0.717, 1.165) is 29.5 Å². The number of benzene rings is 2. The molecule has 1 fully saturated rings. The number of carboxylic acid groups (broad SMARTS) is 2. The number of halogens is 1. The first-order chi connectivity index (χ1) is 13.9. The highest BCUT2D eigenvalue weighted by Gasteiger charge is 2.17. The van der Waals surface area contributed by atoms with Gasteiger partial charge in [0.1, 0.15) is 5.82 Å². The summed E-state index contributed by atoms with van der Waals surface area (Å²) in [4.78, 5) is 25.6. The normalized spacial score (nSPS) is 13.8. The fourth-order valence-electron chi connectivity index (χ4n) is 3.34. The van der Waals surface area contributed by atoms with Crippen molar-refractivity contribution in [2.45, 2.75) is 25.9 Å². The van der Waals surface area contributed by atoms with Crippen LogP contribution in [0, 0.1) is 0 Å². The van der Waals surface area contributed by atoms with Gasteiger partial charge in [-0.2, -0.15) is 0 Å². The van der Waals surface area contributed by atoms with E-state index in [1.54, 1.807) is 0 Å². The molecule has 0 saturated carbocycles. The monoisotopic (exact) mass is 415 g/mol. The molecule has 8 heteroatoms. The van der Waals surface area contributed by atoms with Crippen LogP contribution in [0.4, 0.5) is 0 Å². The molecule has 1 aromatic heterocycles. The molecule has 1 aliphatic rings. The van der Waals surface area contributed by atoms with Crippen LogP contribution in [-0.2, 0) is 22.7 Å². The van der Waals surface area contributed by atoms with Gasteiger partial charge < -0.3 is 14.8 Å². The van der Waals surface area contributed by atoms with E-state index in [2.05, 4.69) is 45.9 Å². The van der Waals surface area contributed by atoms with Gasteiger partial charge in [0.05, 0.1) is 17.6 Å². The first-order valence-electron chi connectivity index (χ1n) is 9.31. The van der Waals surface area contributed by atoms with Crippen molar-refractivity contribution in [3.63, 3.8) is 0 Å². The molecular formula is C21H22ClN3O4. The SMILES string of the molecule is Clc1ccc(Cn2c(CN3CCCC3)nc3ccccc32)cc1.O=C(O)C(=O)O. The molecule has 3 aromatic rings. The van der Waals surface area contributed by atoms with Crippen molar-refractivity contribution in [2.75, 3.05) is 13.1 Å². The minimum Gasteiger partial charge on any atom is -0.473 e. The lowest BCUT2D eigenvalue weighted by molar-refractivity contribution is -0.159. The van der Waals surface area contributed by atoms with Gasteiger partial charge in [0.2, 0.25) is 0 Å². The Morgan fingerprint density at radius 1 is 0.931 bits per heavy atom. The molecule has 0 atom stereocenters. The third-order valence-corrected chi connectivity index (χ3v) is 4.99. The van der Waals surface area contributed by atoms with E-state index in [1.165, 1.54) is 37.0 Å². The second kappa shape index (κ2) is 9.54. The smallest absolute Gasteiger partial charge is 0.414 e. The van der Waals surface area contributed by atoms with E-state index < -0.39 is 11.9 Å². The van der Waals surface area contributed by atoms with Crippen LogP contribution in [-0.4, -0.2) is 49.7 Å². The van der Waals surface area contributed by atoms with Gasteiger partial charge in [-0.1, -0.05) is 35.9 Å². The molecule has 0 spiro atoms. The number of rotatable bonds is 4. The van der Waals surface area contributed by atoms with E-state index in [-0.39, 0.29) is 0 Å². The number of para-hydroxylation sites is 2. The van der Waals surface area contributed by atoms with Crippen LogP contribution in [0.2, 0.25) is 5.02 Å². The van der Waals surface area contributed by atoms with Crippen molar-refractivity contribution in [1.82, 2.24) is 14.5 Å². The largest absolute Gasteiger partial charge is 0.473 e. The van der Waals surface area contributed by atoms with Gasteiger partial charge in [0, 0.05) is 11.6 Å². The van der Waals surface area contributed by atoms with Crippen LogP contribution in [0.5, 0.6) is 0 Å². The number of likely N-dealkylation sites (tertiary alicyclic amines) is 1. The first-order valence-corrected chi connectivity index (χ1v) is 9.69. The Balaban J connectivity index is 0.000000353. The zero-order chi connectivity index (χ0) is 20.8. The van der Waals surface area contributed by atoms with Crippen LogP contribution in [0.3, 0.4) is 0 Å². The van der Waals surface area contributed by atoms with Crippen LogP contribution in [0.15, 0.2) is 48.5 Å². The Morgan fingerprint density at radius 3 is 2.17 bits per heavy atom. The topological polar surface area (TPSA) is 95.7 Å². The van der Waals surface area contributed by atoms with Crippen molar-refractivity contribution in [2.24, 2.45) is 0 Å². The van der Waals surface area contributed by atoms with E-state index >= 15 is 0 Å². The Hall–Kier alpha value is -2.90. The maximum atomic E-state index is 9.10. The summed E-state index contributed by atoms with van der Waals surface area (Å²) in [6, 6.07) is 16.5. The molecule has 0 unspecified atom stereocenters. The quantitative estimate of drug-likeness (QED) is 0.633. The molecule has 152 valence electrons. The number of aromatic nitrogens is 2. The summed E-state index contributed by atoms with van der Waals surface area (Å²) in [7, 11) is 0. The summed E-state index contributed by atoms with van der Waals surface area (Å²) in [6.45, 7) is 4.14. The first kappa shape index (κ1) is 20.8. The van der Waals surface area contributed by atoms with E-state index in [9.17, 15) is 0 Å². The van der Waals surface area contributed by atoms with Gasteiger partial charge in [-0.3, -0.25) is 4.90 Å². The number of aliphatic carboxylic acids is 2. The maximum Gasteiger partial charge on any atom is 0.414 e. The highest BCUT2D eigenvalue weighted by molar-refractivity contribution is 6.30. The second-order valence-electron chi connectivity index (χ2n) is 6.82. The molecule has 2 aromatic carbocycles. The van der Waals surface area contributed by atoms with E-state index in [4.69, 9.17) is 36.4 Å². The highest BCUT2D eigenvalue weighted by Crippen LogP contribution is 2.21. The van der Waals surface area contributed by atoms with Crippen LogP contribution in [0.25, 0.3) is 11.0 Å². The van der Waals surface area contributed by atoms with Gasteiger partial charge in [-0.05, 0) is 55.8 Å². The predicted molar refractivity (Wildman–Crippen MR) is 110 cm³/mol. The van der Waals surface area contributed by atoms with Crippen molar-refractivity contribution < 1.29 is 19.8 Å². The second-order valence-corrected chi connectivity index (χ2v) is 7.26. The average Bonchev–Trinajstić information content (AvgIpc) is 3.33. The van der Waals surface area contributed by atoms with Crippen LogP contribution < -0.4 is 0 Å². The van der Waals surface area contributed by atoms with E-state index in [1.807, 2.05) is 12.1 Å². The number of hydrogen-bond donors (Lipinski definition) is 2. The van der Waals surface area contributed by atoms with Crippen molar-refractivity contribution >= 4 is 34.6 Å². The van der Waals surface area contributed by atoms with Gasteiger partial charge in [-0.15, -0.1) is 0 Å². The minimum absolute atomic E-state index is 0.779. The molecule has 0 radical (unpaired) electrons. The summed E-state index contributed by atoms with van der Waals surface area (Å²) in [6.07, 6.45) is 2.61. The highest BCUT2D eigenvalue weighted by atomic mass is 35.5. The average molecular weight is 416 g/mol. The third kappa shape index (κ3) is 5.56. The molecular weight excluding hydrogens is 394 g/mol. The standard InChI is InChI=1S/C19H20ClN3.C2H2O4/c20-16-9-7-15(8-10-16)13-23-18-6-2-1-5-17(18)21-19(23)14-22-11-3-4-12-22;3-1(4)2(5)6/h1-2,5-10H,3-4,11-14H2;(H,3,4)(H,5,6).